The lowest BCUT2D eigenvalue weighted by atomic mass is 9.89. The Bertz CT molecular complexity index is 140. The monoisotopic (exact) mass is 197 g/mol. The molecule has 0 aromatic rings. The Kier molecular flexibility index (Phi) is 3.82. The van der Waals surface area contributed by atoms with Crippen LogP contribution in [-0.4, -0.2) is 25.4 Å². The van der Waals surface area contributed by atoms with Crippen molar-refractivity contribution in [2.45, 2.75) is 57.7 Å². The molecule has 2 nitrogen and oxygen atoms in total. The minimum Gasteiger partial charge on any atom is -0.378 e. The highest BCUT2D eigenvalue weighted by atomic mass is 16.5. The van der Waals surface area contributed by atoms with Crippen LogP contribution in [0.25, 0.3) is 0 Å². The lowest BCUT2D eigenvalue weighted by molar-refractivity contribution is -0.0307. The van der Waals surface area contributed by atoms with Crippen LogP contribution in [0.15, 0.2) is 0 Å². The first kappa shape index (κ1) is 10.4. The molecule has 14 heavy (non-hydrogen) atoms. The van der Waals surface area contributed by atoms with Gasteiger partial charge in [0.15, 0.2) is 0 Å². The van der Waals surface area contributed by atoms with Gasteiger partial charge >= 0.3 is 0 Å². The smallest absolute Gasteiger partial charge is 0.0660 e. The van der Waals surface area contributed by atoms with Gasteiger partial charge in [-0.2, -0.15) is 0 Å². The molecule has 2 heterocycles. The molecule has 0 saturated carbocycles. The molecular weight excluding hydrogens is 176 g/mol. The van der Waals surface area contributed by atoms with Crippen molar-refractivity contribution in [2.75, 3.05) is 13.2 Å². The third-order valence-electron chi connectivity index (χ3n) is 3.38. The lowest BCUT2D eigenvalue weighted by Gasteiger charge is -2.34. The SMILES string of the molecule is C[C](C1CCCCO1)C1CCCCO1. The van der Waals surface area contributed by atoms with E-state index >= 15 is 0 Å². The fraction of sp³-hybridized carbons (Fsp3) is 0.917. The zero-order valence-corrected chi connectivity index (χ0v) is 9.13. The first-order valence-corrected chi connectivity index (χ1v) is 5.94. The van der Waals surface area contributed by atoms with Gasteiger partial charge in [0.1, 0.15) is 0 Å². The molecule has 0 spiro atoms. The molecule has 2 fully saturated rings. The average molecular weight is 197 g/mol. The molecule has 81 valence electrons. The summed E-state index contributed by atoms with van der Waals surface area (Å²) in [5.41, 5.74) is 0. The maximum atomic E-state index is 5.78. The van der Waals surface area contributed by atoms with Gasteiger partial charge in [-0.15, -0.1) is 0 Å². The second-order valence-electron chi connectivity index (χ2n) is 4.45. The first-order chi connectivity index (χ1) is 6.88. The van der Waals surface area contributed by atoms with Crippen LogP contribution in [0, 0.1) is 5.92 Å². The lowest BCUT2D eigenvalue weighted by Crippen LogP contribution is -2.35. The summed E-state index contributed by atoms with van der Waals surface area (Å²) in [5.74, 6) is 1.43. The Morgan fingerprint density at radius 1 is 0.857 bits per heavy atom. The number of hydrogen-bond donors (Lipinski definition) is 0. The van der Waals surface area contributed by atoms with Crippen molar-refractivity contribution in [3.05, 3.63) is 5.92 Å². The van der Waals surface area contributed by atoms with E-state index in [1.165, 1.54) is 44.4 Å². The number of hydrogen-bond acceptors (Lipinski definition) is 2. The van der Waals surface area contributed by atoms with E-state index in [2.05, 4.69) is 6.92 Å². The highest BCUT2D eigenvalue weighted by molar-refractivity contribution is 5.02. The van der Waals surface area contributed by atoms with Crippen LogP contribution in [0.3, 0.4) is 0 Å². The fourth-order valence-corrected chi connectivity index (χ4v) is 2.41. The van der Waals surface area contributed by atoms with E-state index in [9.17, 15) is 0 Å². The van der Waals surface area contributed by atoms with Crippen LogP contribution < -0.4 is 0 Å². The molecule has 0 amide bonds. The van der Waals surface area contributed by atoms with Gasteiger partial charge in [-0.05, 0) is 38.5 Å². The van der Waals surface area contributed by atoms with Crippen molar-refractivity contribution in [1.82, 2.24) is 0 Å². The van der Waals surface area contributed by atoms with E-state index in [4.69, 9.17) is 9.47 Å². The van der Waals surface area contributed by atoms with Crippen LogP contribution in [0.1, 0.15) is 45.4 Å². The summed E-state index contributed by atoms with van der Waals surface area (Å²) in [4.78, 5) is 0. The Balaban J connectivity index is 1.82. The fourth-order valence-electron chi connectivity index (χ4n) is 2.41. The second kappa shape index (κ2) is 5.13. The van der Waals surface area contributed by atoms with Gasteiger partial charge in [0.25, 0.3) is 0 Å². The van der Waals surface area contributed by atoms with Crippen molar-refractivity contribution < 1.29 is 9.47 Å². The van der Waals surface area contributed by atoms with Crippen molar-refractivity contribution in [1.29, 1.82) is 0 Å². The molecule has 2 unspecified atom stereocenters. The van der Waals surface area contributed by atoms with Crippen molar-refractivity contribution in [3.8, 4) is 0 Å². The standard InChI is InChI=1S/C12H21O2/c1-10(11-6-2-4-8-13-11)12-7-3-5-9-14-12/h11-12H,2-9H2,1H3. The predicted octanol–water partition coefficient (Wildman–Crippen LogP) is 2.72. The zero-order chi connectivity index (χ0) is 9.80. The van der Waals surface area contributed by atoms with Gasteiger partial charge in [0.2, 0.25) is 0 Å². The molecule has 2 aliphatic rings. The molecule has 2 atom stereocenters. The molecule has 0 aromatic heterocycles. The van der Waals surface area contributed by atoms with E-state index in [0.717, 1.165) is 13.2 Å². The quantitative estimate of drug-likeness (QED) is 0.677. The maximum absolute atomic E-state index is 5.78. The largest absolute Gasteiger partial charge is 0.378 e. The normalized spacial score (nSPS) is 34.7. The van der Waals surface area contributed by atoms with Gasteiger partial charge in [-0.3, -0.25) is 0 Å². The molecule has 0 bridgehead atoms. The van der Waals surface area contributed by atoms with Crippen LogP contribution in [0.4, 0.5) is 0 Å². The van der Waals surface area contributed by atoms with Crippen molar-refractivity contribution in [3.63, 3.8) is 0 Å². The summed E-state index contributed by atoms with van der Waals surface area (Å²) < 4.78 is 11.6. The second-order valence-corrected chi connectivity index (χ2v) is 4.45. The molecule has 0 N–H and O–H groups in total. The third kappa shape index (κ3) is 2.48. The van der Waals surface area contributed by atoms with Gasteiger partial charge < -0.3 is 9.47 Å². The van der Waals surface area contributed by atoms with Crippen LogP contribution in [-0.2, 0) is 9.47 Å². The van der Waals surface area contributed by atoms with Crippen molar-refractivity contribution in [2.24, 2.45) is 0 Å². The molecule has 0 aromatic carbocycles. The summed E-state index contributed by atoms with van der Waals surface area (Å²) >= 11 is 0. The topological polar surface area (TPSA) is 18.5 Å². The van der Waals surface area contributed by atoms with Gasteiger partial charge in [-0.1, -0.05) is 6.92 Å². The Labute approximate surface area is 87.0 Å². The summed E-state index contributed by atoms with van der Waals surface area (Å²) in [6.45, 7) is 4.09. The van der Waals surface area contributed by atoms with Crippen LogP contribution in [0.5, 0.6) is 0 Å². The summed E-state index contributed by atoms with van der Waals surface area (Å²) in [5, 5.41) is 0. The van der Waals surface area contributed by atoms with E-state index in [1.54, 1.807) is 0 Å². The van der Waals surface area contributed by atoms with E-state index < -0.39 is 0 Å². The number of ether oxygens (including phenoxy) is 2. The van der Waals surface area contributed by atoms with Gasteiger partial charge in [-0.25, -0.2) is 0 Å². The molecule has 2 saturated heterocycles. The molecular formula is C12H21O2. The first-order valence-electron chi connectivity index (χ1n) is 5.94. The van der Waals surface area contributed by atoms with E-state index in [-0.39, 0.29) is 0 Å². The molecule has 2 rings (SSSR count). The Morgan fingerprint density at radius 2 is 1.36 bits per heavy atom. The Hall–Kier alpha value is -0.0800. The molecule has 0 aliphatic carbocycles. The van der Waals surface area contributed by atoms with Gasteiger partial charge in [0, 0.05) is 19.1 Å². The number of rotatable bonds is 2. The van der Waals surface area contributed by atoms with Gasteiger partial charge in [0.05, 0.1) is 12.2 Å². The summed E-state index contributed by atoms with van der Waals surface area (Å²) in [6.07, 6.45) is 8.25. The molecule has 1 radical (unpaired) electrons. The minimum atomic E-state index is 0.381. The summed E-state index contributed by atoms with van der Waals surface area (Å²) in [6, 6.07) is 0. The van der Waals surface area contributed by atoms with E-state index in [0.29, 0.717) is 12.2 Å². The third-order valence-corrected chi connectivity index (χ3v) is 3.38. The summed E-state index contributed by atoms with van der Waals surface area (Å²) in [7, 11) is 0. The molecule has 2 heteroatoms. The average Bonchev–Trinajstić information content (AvgIpc) is 2.30. The minimum absolute atomic E-state index is 0.381. The zero-order valence-electron chi connectivity index (χ0n) is 9.13. The van der Waals surface area contributed by atoms with Crippen LogP contribution in [0.2, 0.25) is 0 Å². The molecule has 2 aliphatic heterocycles. The predicted molar refractivity (Wildman–Crippen MR) is 56.1 cm³/mol. The van der Waals surface area contributed by atoms with E-state index in [1.807, 2.05) is 0 Å². The highest BCUT2D eigenvalue weighted by Gasteiger charge is 2.30. The Morgan fingerprint density at radius 3 is 1.71 bits per heavy atom. The highest BCUT2D eigenvalue weighted by Crippen LogP contribution is 2.29. The van der Waals surface area contributed by atoms with Crippen molar-refractivity contribution >= 4 is 0 Å². The van der Waals surface area contributed by atoms with Crippen LogP contribution >= 0.6 is 0 Å². The maximum Gasteiger partial charge on any atom is 0.0660 e.